The second-order valence-corrected chi connectivity index (χ2v) is 22.5. The van der Waals surface area contributed by atoms with Crippen molar-refractivity contribution in [3.8, 4) is 0 Å². The van der Waals surface area contributed by atoms with Gasteiger partial charge in [0.15, 0.2) is 0 Å². The van der Waals surface area contributed by atoms with Crippen molar-refractivity contribution in [3.05, 3.63) is 0 Å². The van der Waals surface area contributed by atoms with Crippen LogP contribution in [0.5, 0.6) is 0 Å². The van der Waals surface area contributed by atoms with E-state index in [0.29, 0.717) is 0 Å². The number of rotatable bonds is 8. The Bertz CT molecular complexity index is 966. The first-order chi connectivity index (χ1) is 25.9. The fourth-order valence-electron chi connectivity index (χ4n) is 13.7. The van der Waals surface area contributed by atoms with Crippen molar-refractivity contribution in [3.63, 3.8) is 0 Å². The molecule has 8 aliphatic rings. The Hall–Kier alpha value is -0.240. The lowest BCUT2D eigenvalue weighted by atomic mass is 9.77. The molecule has 6 heteroatoms. The molecule has 55 heavy (non-hydrogen) atoms. The van der Waals surface area contributed by atoms with Crippen LogP contribution < -0.4 is 0 Å². The minimum absolute atomic E-state index is 0.729. The quantitative estimate of drug-likeness (QED) is 0.243. The largest absolute Gasteiger partial charge is 0.300 e. The molecule has 0 spiro atoms. The van der Waals surface area contributed by atoms with Gasteiger partial charge in [-0.05, 0) is 176 Å². The van der Waals surface area contributed by atoms with Crippen LogP contribution in [-0.2, 0) is 0 Å². The van der Waals surface area contributed by atoms with Gasteiger partial charge in [-0.25, -0.2) is 0 Å². The zero-order chi connectivity index (χ0) is 40.5. The van der Waals surface area contributed by atoms with Gasteiger partial charge in [-0.1, -0.05) is 27.7 Å². The number of nitrogens with zero attached hydrogens (tertiary/aromatic N) is 6. The Labute approximate surface area is 344 Å². The molecule has 0 N–H and O–H groups in total. The van der Waals surface area contributed by atoms with Crippen molar-refractivity contribution >= 4 is 0 Å². The van der Waals surface area contributed by atoms with E-state index in [4.69, 9.17) is 0 Å². The highest BCUT2D eigenvalue weighted by atomic mass is 15.4. The molecule has 6 nitrogen and oxygen atoms in total. The molecule has 10 atom stereocenters. The van der Waals surface area contributed by atoms with E-state index in [2.05, 4.69) is 140 Å². The molecule has 7 heterocycles. The maximum atomic E-state index is 2.79. The van der Waals surface area contributed by atoms with Crippen LogP contribution in [0.1, 0.15) is 169 Å². The molecule has 1 saturated carbocycles. The van der Waals surface area contributed by atoms with Crippen LogP contribution in [0.15, 0.2) is 0 Å². The second-order valence-electron chi connectivity index (χ2n) is 22.5. The SMILES string of the molecule is CC(C)C1C[C@H]2CC[C@@H](C1)N2C(C)C.CC(C)C1[C@@H]2CC[C@H]1CN(C(C)C)C2.CC(C)N1C[C@@H]2C[C@H]1CN2C(C)C.CC(C)N1C[C@H]2CC[C@@H](C1)N2C(C)C. The van der Waals surface area contributed by atoms with E-state index in [0.717, 1.165) is 108 Å². The number of hydrogen-bond acceptors (Lipinski definition) is 6. The van der Waals surface area contributed by atoms with Gasteiger partial charge in [-0.2, -0.15) is 0 Å². The van der Waals surface area contributed by atoms with E-state index in [1.165, 1.54) is 97.1 Å². The predicted molar refractivity (Wildman–Crippen MR) is 239 cm³/mol. The van der Waals surface area contributed by atoms with E-state index in [-0.39, 0.29) is 0 Å². The van der Waals surface area contributed by atoms with Gasteiger partial charge in [0.2, 0.25) is 0 Å². The van der Waals surface area contributed by atoms with Gasteiger partial charge in [0, 0.05) is 112 Å². The molecule has 8 fully saturated rings. The van der Waals surface area contributed by atoms with Crippen LogP contribution in [0.2, 0.25) is 0 Å². The molecule has 0 aromatic heterocycles. The Balaban J connectivity index is 0.000000141. The standard InChI is InChI=1S/2C13H25N.C12H24N2.C11H22N2/c1-9(2)11-7-12-5-6-13(8-11)14(12)10(3)4;1-9(2)13-11-5-6-12(13)8-14(7-11)10(3)4;1-9(2)13-7-11-5-6-12(8-13)14(11)10(3)4;1-8(2)12-6-11-5-10(12)7-13(11)9(3)4/h2*9-13H,5-8H2,1-4H3;9-12H,5-8H2,1-4H3;8-11H,5-7H2,1-4H3/t11?,12-,13+;11-,12+,13?;11-,12+;10-,11-/m...0/s1. The molecule has 8 bridgehead atoms. The molecule has 322 valence electrons. The van der Waals surface area contributed by atoms with Crippen molar-refractivity contribution in [2.75, 3.05) is 39.3 Å². The molecule has 0 aromatic rings. The van der Waals surface area contributed by atoms with E-state index < -0.39 is 0 Å². The van der Waals surface area contributed by atoms with Crippen molar-refractivity contribution in [1.82, 2.24) is 29.4 Å². The first-order valence-electron chi connectivity index (χ1n) is 24.4. The zero-order valence-electron chi connectivity index (χ0n) is 39.7. The average Bonchev–Trinajstić information content (AvgIpc) is 3.91. The third-order valence-corrected chi connectivity index (χ3v) is 16.3. The number of piperazine rings is 2. The summed E-state index contributed by atoms with van der Waals surface area (Å²) in [6, 6.07) is 9.70. The van der Waals surface area contributed by atoms with Crippen LogP contribution in [0.3, 0.4) is 0 Å². The molecule has 2 unspecified atom stereocenters. The summed E-state index contributed by atoms with van der Waals surface area (Å²) < 4.78 is 0. The van der Waals surface area contributed by atoms with Crippen LogP contribution in [0.4, 0.5) is 0 Å². The monoisotopic (exact) mass is 769 g/mol. The predicted octanol–water partition coefficient (Wildman–Crippen LogP) is 9.82. The van der Waals surface area contributed by atoms with E-state index in [9.17, 15) is 0 Å². The number of fused-ring (bicyclic) bond motifs is 8. The molecule has 7 saturated heterocycles. The second kappa shape index (κ2) is 19.9. The molecule has 1 aliphatic carbocycles. The van der Waals surface area contributed by atoms with Crippen molar-refractivity contribution < 1.29 is 0 Å². The van der Waals surface area contributed by atoms with Gasteiger partial charge in [0.25, 0.3) is 0 Å². The summed E-state index contributed by atoms with van der Waals surface area (Å²) in [6.45, 7) is 45.6. The third kappa shape index (κ3) is 10.9. The lowest BCUT2D eigenvalue weighted by Crippen LogP contribution is -2.57. The lowest BCUT2D eigenvalue weighted by molar-refractivity contribution is 0.0292. The van der Waals surface area contributed by atoms with E-state index in [1.807, 2.05) is 0 Å². The summed E-state index contributed by atoms with van der Waals surface area (Å²) in [5.74, 6) is 5.86. The normalized spacial score (nSPS) is 36.9. The Morgan fingerprint density at radius 1 is 0.327 bits per heavy atom. The summed E-state index contributed by atoms with van der Waals surface area (Å²) in [5, 5.41) is 0. The lowest BCUT2D eigenvalue weighted by Gasteiger charge is -2.44. The number of likely N-dealkylation sites (tertiary alicyclic amines) is 4. The summed E-state index contributed by atoms with van der Waals surface area (Å²) in [5.41, 5.74) is 0. The summed E-state index contributed by atoms with van der Waals surface area (Å²) in [6.07, 6.45) is 13.1. The van der Waals surface area contributed by atoms with E-state index in [1.54, 1.807) is 0 Å². The van der Waals surface area contributed by atoms with Gasteiger partial charge >= 0.3 is 0 Å². The molecule has 0 aromatic carbocycles. The van der Waals surface area contributed by atoms with Crippen molar-refractivity contribution in [1.29, 1.82) is 0 Å². The fourth-order valence-corrected chi connectivity index (χ4v) is 13.7. The first kappa shape index (κ1) is 45.8. The van der Waals surface area contributed by atoms with Gasteiger partial charge in [0.1, 0.15) is 0 Å². The maximum Gasteiger partial charge on any atom is 0.0242 e. The highest BCUT2D eigenvalue weighted by Gasteiger charge is 2.46. The first-order valence-corrected chi connectivity index (χ1v) is 24.4. The zero-order valence-corrected chi connectivity index (χ0v) is 39.7. The van der Waals surface area contributed by atoms with Crippen LogP contribution >= 0.6 is 0 Å². The van der Waals surface area contributed by atoms with Gasteiger partial charge in [-0.3, -0.25) is 24.5 Å². The minimum Gasteiger partial charge on any atom is -0.300 e. The number of piperidine rings is 2. The van der Waals surface area contributed by atoms with Crippen LogP contribution in [0, 0.1) is 35.5 Å². The van der Waals surface area contributed by atoms with Crippen LogP contribution in [0.25, 0.3) is 0 Å². The molecule has 0 amide bonds. The molecular weight excluding hydrogens is 673 g/mol. The maximum absolute atomic E-state index is 2.79. The van der Waals surface area contributed by atoms with Crippen LogP contribution in [-0.4, -0.2) is 141 Å². The highest BCUT2D eigenvalue weighted by molar-refractivity contribution is 5.02. The average molecular weight is 769 g/mol. The van der Waals surface area contributed by atoms with Crippen molar-refractivity contribution in [2.45, 2.75) is 241 Å². The Kier molecular flexibility index (Phi) is 16.6. The topological polar surface area (TPSA) is 19.4 Å². The van der Waals surface area contributed by atoms with Crippen molar-refractivity contribution in [2.24, 2.45) is 35.5 Å². The molecule has 8 rings (SSSR count). The third-order valence-electron chi connectivity index (χ3n) is 16.3. The number of hydrogen-bond donors (Lipinski definition) is 0. The Morgan fingerprint density at radius 2 is 0.709 bits per heavy atom. The highest BCUT2D eigenvalue weighted by Crippen LogP contribution is 2.46. The van der Waals surface area contributed by atoms with Gasteiger partial charge < -0.3 is 4.90 Å². The molecule has 7 aliphatic heterocycles. The van der Waals surface area contributed by atoms with Gasteiger partial charge in [0.05, 0.1) is 0 Å². The molecular formula is C49H96N6. The minimum atomic E-state index is 0.729. The molecule has 0 radical (unpaired) electrons. The summed E-state index contributed by atoms with van der Waals surface area (Å²) >= 11 is 0. The van der Waals surface area contributed by atoms with Gasteiger partial charge in [-0.15, -0.1) is 0 Å². The summed E-state index contributed by atoms with van der Waals surface area (Å²) in [7, 11) is 0. The Morgan fingerprint density at radius 3 is 1.04 bits per heavy atom. The smallest absolute Gasteiger partial charge is 0.0242 e. The summed E-state index contributed by atoms with van der Waals surface area (Å²) in [4.78, 5) is 16.2. The van der Waals surface area contributed by atoms with E-state index >= 15 is 0 Å². The fraction of sp³-hybridized carbons (Fsp3) is 1.00.